The molecule has 0 fully saturated rings. The summed E-state index contributed by atoms with van der Waals surface area (Å²) in [6, 6.07) is 26.1. The maximum atomic E-state index is 13.5. The van der Waals surface area contributed by atoms with Gasteiger partial charge < -0.3 is 14.4 Å². The summed E-state index contributed by atoms with van der Waals surface area (Å²) in [5, 5.41) is 0.408. The van der Waals surface area contributed by atoms with E-state index in [4.69, 9.17) is 11.6 Å². The fourth-order valence-corrected chi connectivity index (χ4v) is 4.40. The van der Waals surface area contributed by atoms with Crippen molar-refractivity contribution < 1.29 is 9.59 Å². The van der Waals surface area contributed by atoms with Crippen LogP contribution in [0.25, 0.3) is 0 Å². The number of hydrogen-bond donors (Lipinski definition) is 0. The molecule has 33 heavy (non-hydrogen) atoms. The number of anilines is 2. The van der Waals surface area contributed by atoms with Crippen molar-refractivity contribution in [1.82, 2.24) is 4.57 Å². The number of aromatic nitrogens is 1. The van der Waals surface area contributed by atoms with Crippen LogP contribution in [0, 0.1) is 0 Å². The summed E-state index contributed by atoms with van der Waals surface area (Å²) in [4.78, 5) is 29.8. The van der Waals surface area contributed by atoms with Gasteiger partial charge in [0.25, 0.3) is 11.8 Å². The lowest BCUT2D eigenvalue weighted by Crippen LogP contribution is -2.31. The highest BCUT2D eigenvalue weighted by molar-refractivity contribution is 6.34. The van der Waals surface area contributed by atoms with Crippen LogP contribution in [0.5, 0.6) is 0 Å². The van der Waals surface area contributed by atoms with E-state index in [1.54, 1.807) is 55.6 Å². The number of nitrogens with zero attached hydrogens (tertiary/aromatic N) is 3. The highest BCUT2D eigenvalue weighted by Gasteiger charge is 2.25. The molecule has 5 rings (SSSR count). The third-order valence-electron chi connectivity index (χ3n) is 6.02. The van der Waals surface area contributed by atoms with E-state index in [-0.39, 0.29) is 11.8 Å². The summed E-state index contributed by atoms with van der Waals surface area (Å²) in [6.07, 6.45) is 2.04. The van der Waals surface area contributed by atoms with Crippen LogP contribution in [-0.2, 0) is 13.1 Å². The Balaban J connectivity index is 1.42. The molecule has 0 saturated heterocycles. The molecule has 5 nitrogen and oxygen atoms in total. The third-order valence-corrected chi connectivity index (χ3v) is 6.35. The van der Waals surface area contributed by atoms with E-state index in [1.807, 2.05) is 41.4 Å². The van der Waals surface area contributed by atoms with Crippen molar-refractivity contribution in [2.45, 2.75) is 13.1 Å². The lowest BCUT2D eigenvalue weighted by molar-refractivity contribution is 0.0981. The van der Waals surface area contributed by atoms with Crippen LogP contribution in [0.1, 0.15) is 32.0 Å². The lowest BCUT2D eigenvalue weighted by Gasteiger charge is -2.23. The van der Waals surface area contributed by atoms with Crippen LogP contribution in [-0.4, -0.2) is 23.4 Å². The number of hydrogen-bond acceptors (Lipinski definition) is 2. The van der Waals surface area contributed by atoms with E-state index in [0.29, 0.717) is 28.4 Å². The first-order valence-electron chi connectivity index (χ1n) is 10.7. The third kappa shape index (κ3) is 3.92. The Kier molecular flexibility index (Phi) is 5.48. The van der Waals surface area contributed by atoms with Gasteiger partial charge in [0.05, 0.1) is 17.1 Å². The van der Waals surface area contributed by atoms with Crippen molar-refractivity contribution in [1.29, 1.82) is 0 Å². The molecule has 1 aromatic heterocycles. The smallest absolute Gasteiger partial charge is 0.259 e. The predicted molar refractivity (Wildman–Crippen MR) is 131 cm³/mol. The Morgan fingerprint density at radius 1 is 0.848 bits per heavy atom. The average molecular weight is 456 g/mol. The van der Waals surface area contributed by atoms with Gasteiger partial charge in [0.15, 0.2) is 0 Å². The number of amides is 2. The zero-order valence-corrected chi connectivity index (χ0v) is 18.9. The van der Waals surface area contributed by atoms with E-state index >= 15 is 0 Å². The second kappa shape index (κ2) is 8.60. The number of carbonyl (C=O) groups excluding carboxylic acids is 2. The molecular formula is C27H22ClN3O2. The molecule has 3 aromatic carbocycles. The number of halogens is 1. The molecule has 164 valence electrons. The van der Waals surface area contributed by atoms with Crippen LogP contribution in [0.15, 0.2) is 91.1 Å². The van der Waals surface area contributed by atoms with Crippen molar-refractivity contribution in [3.63, 3.8) is 0 Å². The summed E-state index contributed by atoms with van der Waals surface area (Å²) in [5.41, 5.74) is 4.78. The van der Waals surface area contributed by atoms with Crippen molar-refractivity contribution in [2.24, 2.45) is 0 Å². The summed E-state index contributed by atoms with van der Waals surface area (Å²) < 4.78 is 2.17. The molecular weight excluding hydrogens is 434 g/mol. The fraction of sp³-hybridized carbons (Fsp3) is 0.111. The molecule has 1 aliphatic heterocycles. The van der Waals surface area contributed by atoms with Gasteiger partial charge in [0.1, 0.15) is 0 Å². The summed E-state index contributed by atoms with van der Waals surface area (Å²) in [6.45, 7) is 1.23. The highest BCUT2D eigenvalue weighted by Crippen LogP contribution is 2.29. The second-order valence-electron chi connectivity index (χ2n) is 8.04. The minimum atomic E-state index is -0.207. The van der Waals surface area contributed by atoms with Gasteiger partial charge in [0.2, 0.25) is 0 Å². The number of rotatable bonds is 3. The summed E-state index contributed by atoms with van der Waals surface area (Å²) in [7, 11) is 1.70. The predicted octanol–water partition coefficient (Wildman–Crippen LogP) is 5.63. The highest BCUT2D eigenvalue weighted by atomic mass is 35.5. The van der Waals surface area contributed by atoms with Gasteiger partial charge in [0, 0.05) is 42.4 Å². The van der Waals surface area contributed by atoms with Crippen molar-refractivity contribution in [2.75, 3.05) is 16.8 Å². The first-order chi connectivity index (χ1) is 16.0. The molecule has 0 radical (unpaired) electrons. The molecule has 4 aromatic rings. The fourth-order valence-electron chi connectivity index (χ4n) is 4.18. The van der Waals surface area contributed by atoms with Crippen LogP contribution in [0.3, 0.4) is 0 Å². The maximum Gasteiger partial charge on any atom is 0.259 e. The molecule has 2 amide bonds. The quantitative estimate of drug-likeness (QED) is 0.402. The van der Waals surface area contributed by atoms with Crippen LogP contribution < -0.4 is 9.80 Å². The Bertz CT molecular complexity index is 1340. The van der Waals surface area contributed by atoms with E-state index in [9.17, 15) is 9.59 Å². The average Bonchev–Trinajstić information content (AvgIpc) is 3.22. The Morgan fingerprint density at radius 2 is 1.58 bits per heavy atom. The first kappa shape index (κ1) is 21.0. The van der Waals surface area contributed by atoms with Crippen molar-refractivity contribution in [3.05, 3.63) is 119 Å². The largest absolute Gasteiger partial charge is 0.345 e. The van der Waals surface area contributed by atoms with Crippen LogP contribution in [0.2, 0.25) is 5.02 Å². The first-order valence-corrected chi connectivity index (χ1v) is 11.1. The van der Waals surface area contributed by atoms with Crippen LogP contribution >= 0.6 is 11.6 Å². The van der Waals surface area contributed by atoms with E-state index in [0.717, 1.165) is 23.5 Å². The van der Waals surface area contributed by atoms with Gasteiger partial charge in [-0.2, -0.15) is 0 Å². The number of benzene rings is 3. The summed E-state index contributed by atoms with van der Waals surface area (Å²) in [5.74, 6) is -0.286. The van der Waals surface area contributed by atoms with Crippen LogP contribution in [0.4, 0.5) is 11.4 Å². The van der Waals surface area contributed by atoms with E-state index < -0.39 is 0 Å². The zero-order valence-electron chi connectivity index (χ0n) is 18.1. The molecule has 0 bridgehead atoms. The SMILES string of the molecule is CN(C(=O)c1ccccc1Cl)c1ccc(C(=O)N2Cc3cccn3Cc3ccccc32)cc1. The van der Waals surface area contributed by atoms with E-state index in [1.165, 1.54) is 4.90 Å². The monoisotopic (exact) mass is 455 g/mol. The molecule has 0 aliphatic carbocycles. The molecule has 0 spiro atoms. The van der Waals surface area contributed by atoms with Gasteiger partial charge in [-0.15, -0.1) is 0 Å². The van der Waals surface area contributed by atoms with Gasteiger partial charge >= 0.3 is 0 Å². The van der Waals surface area contributed by atoms with Crippen molar-refractivity contribution >= 4 is 34.8 Å². The van der Waals surface area contributed by atoms with Gasteiger partial charge in [-0.05, 0) is 60.2 Å². The van der Waals surface area contributed by atoms with Crippen molar-refractivity contribution in [3.8, 4) is 0 Å². The molecule has 1 aliphatic rings. The molecule has 2 heterocycles. The van der Waals surface area contributed by atoms with Gasteiger partial charge in [-0.25, -0.2) is 0 Å². The Hall–Kier alpha value is -3.83. The number of carbonyl (C=O) groups is 2. The maximum absolute atomic E-state index is 13.5. The molecule has 6 heteroatoms. The minimum Gasteiger partial charge on any atom is -0.345 e. The Morgan fingerprint density at radius 3 is 2.36 bits per heavy atom. The molecule has 0 saturated carbocycles. The molecule has 0 atom stereocenters. The topological polar surface area (TPSA) is 45.6 Å². The van der Waals surface area contributed by atoms with Gasteiger partial charge in [-0.3, -0.25) is 9.59 Å². The second-order valence-corrected chi connectivity index (χ2v) is 8.45. The van der Waals surface area contributed by atoms with E-state index in [2.05, 4.69) is 10.6 Å². The zero-order chi connectivity index (χ0) is 22.9. The Labute approximate surface area is 197 Å². The number of fused-ring (bicyclic) bond motifs is 2. The summed E-state index contributed by atoms with van der Waals surface area (Å²) >= 11 is 6.19. The standard InChI is InChI=1S/C27H22ClN3O2/c1-29(27(33)23-9-3-4-10-24(23)28)21-14-12-19(13-15-21)26(32)31-18-22-8-6-16-30(22)17-20-7-2-5-11-25(20)31/h2-16H,17-18H2,1H3. The normalized spacial score (nSPS) is 12.5. The number of para-hydroxylation sites is 1. The van der Waals surface area contributed by atoms with Gasteiger partial charge in [-0.1, -0.05) is 41.9 Å². The molecule has 0 unspecified atom stereocenters. The minimum absolute atomic E-state index is 0.0799. The lowest BCUT2D eigenvalue weighted by atomic mass is 10.1. The molecule has 0 N–H and O–H groups in total.